The second kappa shape index (κ2) is 3.56. The molecular formula is C14H18FN. The molecule has 3 rings (SSSR count). The lowest BCUT2D eigenvalue weighted by atomic mass is 9.82. The fourth-order valence-electron chi connectivity index (χ4n) is 3.65. The van der Waals surface area contributed by atoms with Crippen LogP contribution in [0.3, 0.4) is 0 Å². The van der Waals surface area contributed by atoms with E-state index >= 15 is 0 Å². The summed E-state index contributed by atoms with van der Waals surface area (Å²) in [6, 6.07) is 7.89. The lowest BCUT2D eigenvalue weighted by Gasteiger charge is -2.43. The fourth-order valence-corrected chi connectivity index (χ4v) is 3.65. The van der Waals surface area contributed by atoms with Gasteiger partial charge in [-0.1, -0.05) is 12.1 Å². The van der Waals surface area contributed by atoms with Crippen molar-refractivity contribution >= 4 is 0 Å². The third kappa shape index (κ3) is 1.32. The Kier molecular flexibility index (Phi) is 2.28. The summed E-state index contributed by atoms with van der Waals surface area (Å²) in [5.74, 6) is -0.131. The van der Waals surface area contributed by atoms with Gasteiger partial charge in [0.25, 0.3) is 0 Å². The van der Waals surface area contributed by atoms with E-state index in [9.17, 15) is 4.39 Å². The first kappa shape index (κ1) is 10.3. The molecule has 2 fully saturated rings. The normalized spacial score (nSPS) is 34.2. The number of benzene rings is 1. The molecule has 2 atom stereocenters. The molecule has 2 aliphatic rings. The maximum absolute atomic E-state index is 13.0. The zero-order chi connectivity index (χ0) is 11.2. The molecule has 16 heavy (non-hydrogen) atoms. The number of fused-ring (bicyclic) bond motifs is 2. The van der Waals surface area contributed by atoms with Gasteiger partial charge >= 0.3 is 0 Å². The highest BCUT2D eigenvalue weighted by Crippen LogP contribution is 2.49. The van der Waals surface area contributed by atoms with Crippen LogP contribution in [0.15, 0.2) is 24.3 Å². The molecule has 1 aromatic rings. The predicted octanol–water partition coefficient (Wildman–Crippen LogP) is 3.30. The minimum Gasteiger partial charge on any atom is -0.294 e. The molecule has 2 heterocycles. The first-order valence-electron chi connectivity index (χ1n) is 6.21. The number of hydrogen-bond acceptors (Lipinski definition) is 1. The minimum absolute atomic E-state index is 0.131. The van der Waals surface area contributed by atoms with E-state index in [0.717, 1.165) is 6.04 Å². The molecule has 2 unspecified atom stereocenters. The number of hydrogen-bond donors (Lipinski definition) is 0. The van der Waals surface area contributed by atoms with Crippen molar-refractivity contribution in [2.75, 3.05) is 7.05 Å². The van der Waals surface area contributed by atoms with E-state index in [4.69, 9.17) is 0 Å². The Bertz CT molecular complexity index is 382. The highest BCUT2D eigenvalue weighted by atomic mass is 19.1. The smallest absolute Gasteiger partial charge is 0.123 e. The van der Waals surface area contributed by atoms with Gasteiger partial charge in [0.2, 0.25) is 0 Å². The monoisotopic (exact) mass is 219 g/mol. The Morgan fingerprint density at radius 3 is 2.69 bits per heavy atom. The predicted molar refractivity (Wildman–Crippen MR) is 62.7 cm³/mol. The lowest BCUT2D eigenvalue weighted by molar-refractivity contribution is 0.0804. The summed E-state index contributed by atoms with van der Waals surface area (Å²) in [6.07, 6.45) is 6.41. The Morgan fingerprint density at radius 2 is 1.94 bits per heavy atom. The molecule has 1 nitrogen and oxygen atoms in total. The molecule has 0 amide bonds. The van der Waals surface area contributed by atoms with Crippen molar-refractivity contribution < 1.29 is 4.39 Å². The average molecular weight is 219 g/mol. The van der Waals surface area contributed by atoms with Gasteiger partial charge in [-0.25, -0.2) is 4.39 Å². The molecule has 2 aliphatic heterocycles. The number of rotatable bonds is 1. The van der Waals surface area contributed by atoms with Crippen LogP contribution in [0.1, 0.15) is 37.7 Å². The van der Waals surface area contributed by atoms with Crippen LogP contribution in [0.25, 0.3) is 0 Å². The molecule has 2 saturated heterocycles. The van der Waals surface area contributed by atoms with Crippen molar-refractivity contribution in [2.45, 2.75) is 43.7 Å². The van der Waals surface area contributed by atoms with E-state index in [1.165, 1.54) is 37.7 Å². The maximum atomic E-state index is 13.0. The van der Waals surface area contributed by atoms with Crippen molar-refractivity contribution in [3.8, 4) is 0 Å². The van der Waals surface area contributed by atoms with Crippen LogP contribution in [-0.2, 0) is 5.54 Å². The summed E-state index contributed by atoms with van der Waals surface area (Å²) in [4.78, 5) is 2.53. The molecule has 0 aromatic heterocycles. The van der Waals surface area contributed by atoms with Gasteiger partial charge in [0.1, 0.15) is 5.82 Å². The summed E-state index contributed by atoms with van der Waals surface area (Å²) < 4.78 is 13.0. The largest absolute Gasteiger partial charge is 0.294 e. The molecular weight excluding hydrogens is 201 g/mol. The van der Waals surface area contributed by atoms with E-state index in [1.807, 2.05) is 12.1 Å². The summed E-state index contributed by atoms with van der Waals surface area (Å²) in [5.41, 5.74) is 1.51. The van der Waals surface area contributed by atoms with Gasteiger partial charge < -0.3 is 0 Å². The summed E-state index contributed by atoms with van der Waals surface area (Å²) in [6.45, 7) is 0. The molecule has 0 aliphatic carbocycles. The van der Waals surface area contributed by atoms with Crippen LogP contribution >= 0.6 is 0 Å². The fraction of sp³-hybridized carbons (Fsp3) is 0.571. The molecule has 0 radical (unpaired) electrons. The number of halogens is 1. The van der Waals surface area contributed by atoms with E-state index in [0.29, 0.717) is 0 Å². The maximum Gasteiger partial charge on any atom is 0.123 e. The van der Waals surface area contributed by atoms with Crippen molar-refractivity contribution in [1.82, 2.24) is 4.90 Å². The highest BCUT2D eigenvalue weighted by Gasteiger charge is 2.47. The summed E-state index contributed by atoms with van der Waals surface area (Å²) >= 11 is 0. The second-order valence-electron chi connectivity index (χ2n) is 5.23. The second-order valence-corrected chi connectivity index (χ2v) is 5.23. The van der Waals surface area contributed by atoms with Crippen molar-refractivity contribution in [2.24, 2.45) is 0 Å². The highest BCUT2D eigenvalue weighted by molar-refractivity contribution is 5.28. The summed E-state index contributed by atoms with van der Waals surface area (Å²) in [5, 5.41) is 0. The van der Waals surface area contributed by atoms with Crippen molar-refractivity contribution in [3.05, 3.63) is 35.6 Å². The molecule has 2 heteroatoms. The van der Waals surface area contributed by atoms with Crippen molar-refractivity contribution in [1.29, 1.82) is 0 Å². The van der Waals surface area contributed by atoms with E-state index in [-0.39, 0.29) is 11.4 Å². The van der Waals surface area contributed by atoms with Gasteiger partial charge in [0.15, 0.2) is 0 Å². The minimum atomic E-state index is -0.131. The Balaban J connectivity index is 2.01. The molecule has 86 valence electrons. The zero-order valence-corrected chi connectivity index (χ0v) is 9.75. The Morgan fingerprint density at radius 1 is 1.19 bits per heavy atom. The van der Waals surface area contributed by atoms with Gasteiger partial charge in [0, 0.05) is 11.6 Å². The summed E-state index contributed by atoms with van der Waals surface area (Å²) in [7, 11) is 2.24. The molecule has 0 spiro atoms. The van der Waals surface area contributed by atoms with E-state index < -0.39 is 0 Å². The SMILES string of the molecule is CN1C2CCCC1(c1ccc(F)cc1)CC2. The molecule has 1 aromatic carbocycles. The molecule has 0 saturated carbocycles. The van der Waals surface area contributed by atoms with Crippen LogP contribution in [0.2, 0.25) is 0 Å². The van der Waals surface area contributed by atoms with Crippen LogP contribution in [0.4, 0.5) is 4.39 Å². The number of piperidine rings is 1. The molecule has 0 N–H and O–H groups in total. The lowest BCUT2D eigenvalue weighted by Crippen LogP contribution is -2.45. The van der Waals surface area contributed by atoms with Gasteiger partial charge in [-0.3, -0.25) is 4.90 Å². The zero-order valence-electron chi connectivity index (χ0n) is 9.75. The Hall–Kier alpha value is -0.890. The first-order valence-corrected chi connectivity index (χ1v) is 6.21. The van der Waals surface area contributed by atoms with Crippen LogP contribution < -0.4 is 0 Å². The van der Waals surface area contributed by atoms with E-state index in [2.05, 4.69) is 11.9 Å². The molecule has 2 bridgehead atoms. The van der Waals surface area contributed by atoms with Gasteiger partial charge in [-0.15, -0.1) is 0 Å². The van der Waals surface area contributed by atoms with Crippen LogP contribution in [-0.4, -0.2) is 18.0 Å². The average Bonchev–Trinajstić information content (AvgIpc) is 2.52. The first-order chi connectivity index (χ1) is 7.72. The van der Waals surface area contributed by atoms with Crippen LogP contribution in [0.5, 0.6) is 0 Å². The third-order valence-corrected chi connectivity index (χ3v) is 4.62. The quantitative estimate of drug-likeness (QED) is 0.700. The van der Waals surface area contributed by atoms with Crippen LogP contribution in [0, 0.1) is 5.82 Å². The van der Waals surface area contributed by atoms with Crippen molar-refractivity contribution in [3.63, 3.8) is 0 Å². The van der Waals surface area contributed by atoms with E-state index in [1.54, 1.807) is 12.1 Å². The van der Waals surface area contributed by atoms with Gasteiger partial charge in [0.05, 0.1) is 0 Å². The number of nitrogens with zero attached hydrogens (tertiary/aromatic N) is 1. The Labute approximate surface area is 96.3 Å². The van der Waals surface area contributed by atoms with Gasteiger partial charge in [-0.2, -0.15) is 0 Å². The topological polar surface area (TPSA) is 3.24 Å². The standard InChI is InChI=1S/C14H18FN/c1-16-13-3-2-9-14(16,10-8-13)11-4-6-12(15)7-5-11/h4-7,13H,2-3,8-10H2,1H3. The van der Waals surface area contributed by atoms with Gasteiger partial charge in [-0.05, 0) is 56.8 Å². The third-order valence-electron chi connectivity index (χ3n) is 4.62.